The Kier molecular flexibility index (Phi) is 3.62. The monoisotopic (exact) mass is 308 g/mol. The Morgan fingerprint density at radius 3 is 2.54 bits per heavy atom. The molecule has 0 aromatic heterocycles. The van der Waals surface area contributed by atoms with Gasteiger partial charge in [-0.05, 0) is 34.0 Å². The van der Waals surface area contributed by atoms with Crippen molar-refractivity contribution < 1.29 is 9.84 Å². The number of phenols is 1. The summed E-state index contributed by atoms with van der Waals surface area (Å²) in [6, 6.07) is 1.76. The van der Waals surface area contributed by atoms with Gasteiger partial charge in [-0.1, -0.05) is 22.9 Å². The van der Waals surface area contributed by atoms with E-state index in [-0.39, 0.29) is 5.75 Å². The lowest BCUT2D eigenvalue weighted by Gasteiger charge is -2.10. The van der Waals surface area contributed by atoms with Gasteiger partial charge in [0, 0.05) is 4.47 Å². The zero-order valence-electron chi connectivity index (χ0n) is 7.40. The van der Waals surface area contributed by atoms with E-state index in [1.54, 1.807) is 6.07 Å². The molecule has 4 heteroatoms. The fourth-order valence-electron chi connectivity index (χ4n) is 1.11. The summed E-state index contributed by atoms with van der Waals surface area (Å²) in [5, 5.41) is 9.64. The molecular weight excluding hydrogens is 300 g/mol. The Morgan fingerprint density at radius 2 is 2.08 bits per heavy atom. The summed E-state index contributed by atoms with van der Waals surface area (Å²) in [6.45, 7) is 2.02. The van der Waals surface area contributed by atoms with Gasteiger partial charge in [0.15, 0.2) is 11.5 Å². The molecule has 13 heavy (non-hydrogen) atoms. The van der Waals surface area contributed by atoms with Gasteiger partial charge >= 0.3 is 0 Å². The van der Waals surface area contributed by atoms with E-state index in [1.807, 2.05) is 6.92 Å². The maximum atomic E-state index is 9.64. The average molecular weight is 310 g/mol. The molecule has 72 valence electrons. The topological polar surface area (TPSA) is 29.5 Å². The largest absolute Gasteiger partial charge is 0.503 e. The molecule has 1 aromatic rings. The lowest BCUT2D eigenvalue weighted by atomic mass is 10.1. The molecule has 0 aliphatic carbocycles. The number of benzene rings is 1. The number of phenolic OH excluding ortho intramolecular Hbond substituents is 1. The standard InChI is InChI=1S/C9H10Br2O2/c1-3-5-6(10)4-7(13-2)9(12)8(5)11/h4,12H,3H2,1-2H3. The normalized spacial score (nSPS) is 10.2. The van der Waals surface area contributed by atoms with Crippen molar-refractivity contribution in [3.63, 3.8) is 0 Å². The van der Waals surface area contributed by atoms with Crippen molar-refractivity contribution in [1.29, 1.82) is 0 Å². The van der Waals surface area contributed by atoms with E-state index in [0.29, 0.717) is 10.2 Å². The average Bonchev–Trinajstić information content (AvgIpc) is 2.12. The molecule has 0 radical (unpaired) electrons. The third-order valence-corrected chi connectivity index (χ3v) is 3.39. The molecule has 1 rings (SSSR count). The highest BCUT2D eigenvalue weighted by Gasteiger charge is 2.13. The number of ether oxygens (including phenoxy) is 1. The van der Waals surface area contributed by atoms with Crippen LogP contribution in [0.3, 0.4) is 0 Å². The summed E-state index contributed by atoms with van der Waals surface area (Å²) in [7, 11) is 1.53. The predicted molar refractivity (Wildman–Crippen MR) is 59.4 cm³/mol. The van der Waals surface area contributed by atoms with Crippen LogP contribution in [0.15, 0.2) is 15.0 Å². The van der Waals surface area contributed by atoms with Crippen LogP contribution in [0.25, 0.3) is 0 Å². The maximum absolute atomic E-state index is 9.64. The van der Waals surface area contributed by atoms with Gasteiger partial charge in [0.1, 0.15) is 0 Å². The zero-order valence-corrected chi connectivity index (χ0v) is 10.6. The number of hydrogen-bond acceptors (Lipinski definition) is 2. The Bertz CT molecular complexity index is 324. The highest BCUT2D eigenvalue weighted by atomic mass is 79.9. The van der Waals surface area contributed by atoms with E-state index in [2.05, 4.69) is 31.9 Å². The van der Waals surface area contributed by atoms with E-state index >= 15 is 0 Å². The van der Waals surface area contributed by atoms with Crippen LogP contribution in [0.2, 0.25) is 0 Å². The molecule has 0 aliphatic heterocycles. The van der Waals surface area contributed by atoms with Gasteiger partial charge in [0.25, 0.3) is 0 Å². The van der Waals surface area contributed by atoms with Crippen LogP contribution in [0.4, 0.5) is 0 Å². The van der Waals surface area contributed by atoms with Gasteiger partial charge < -0.3 is 9.84 Å². The third-order valence-electron chi connectivity index (χ3n) is 1.83. The predicted octanol–water partition coefficient (Wildman–Crippen LogP) is 3.49. The highest BCUT2D eigenvalue weighted by molar-refractivity contribution is 9.11. The molecule has 1 aromatic carbocycles. The molecule has 0 heterocycles. The van der Waals surface area contributed by atoms with Crippen molar-refractivity contribution >= 4 is 31.9 Å². The molecule has 0 amide bonds. The van der Waals surface area contributed by atoms with Crippen molar-refractivity contribution in [3.8, 4) is 11.5 Å². The summed E-state index contributed by atoms with van der Waals surface area (Å²) < 4.78 is 6.63. The second-order valence-electron chi connectivity index (χ2n) is 2.56. The number of rotatable bonds is 2. The van der Waals surface area contributed by atoms with Gasteiger partial charge in [-0.3, -0.25) is 0 Å². The van der Waals surface area contributed by atoms with Crippen LogP contribution < -0.4 is 4.74 Å². The second kappa shape index (κ2) is 4.33. The molecule has 1 N–H and O–H groups in total. The Morgan fingerprint density at radius 1 is 1.46 bits per heavy atom. The summed E-state index contributed by atoms with van der Waals surface area (Å²) in [5.41, 5.74) is 1.04. The number of methoxy groups -OCH3 is 1. The van der Waals surface area contributed by atoms with Gasteiger partial charge in [0.2, 0.25) is 0 Å². The van der Waals surface area contributed by atoms with Crippen LogP contribution >= 0.6 is 31.9 Å². The fourth-order valence-corrected chi connectivity index (χ4v) is 2.75. The first-order valence-corrected chi connectivity index (χ1v) is 5.44. The first-order valence-electron chi connectivity index (χ1n) is 3.85. The van der Waals surface area contributed by atoms with E-state index < -0.39 is 0 Å². The molecule has 2 nitrogen and oxygen atoms in total. The summed E-state index contributed by atoms with van der Waals surface area (Å²) >= 11 is 6.73. The van der Waals surface area contributed by atoms with E-state index in [1.165, 1.54) is 7.11 Å². The number of halogens is 2. The highest BCUT2D eigenvalue weighted by Crippen LogP contribution is 2.40. The molecule has 0 spiro atoms. The fraction of sp³-hybridized carbons (Fsp3) is 0.333. The minimum absolute atomic E-state index is 0.155. The molecular formula is C9H10Br2O2. The van der Waals surface area contributed by atoms with Crippen molar-refractivity contribution in [2.24, 2.45) is 0 Å². The molecule has 0 aliphatic rings. The summed E-state index contributed by atoms with van der Waals surface area (Å²) in [4.78, 5) is 0. The van der Waals surface area contributed by atoms with Crippen molar-refractivity contribution in [1.82, 2.24) is 0 Å². The maximum Gasteiger partial charge on any atom is 0.172 e. The van der Waals surface area contributed by atoms with Crippen molar-refractivity contribution in [3.05, 3.63) is 20.6 Å². The van der Waals surface area contributed by atoms with Crippen LogP contribution in [-0.4, -0.2) is 12.2 Å². The Balaban J connectivity index is 3.37. The van der Waals surface area contributed by atoms with Crippen LogP contribution in [0, 0.1) is 0 Å². The third kappa shape index (κ3) is 1.99. The molecule has 0 fully saturated rings. The van der Waals surface area contributed by atoms with Gasteiger partial charge in [-0.2, -0.15) is 0 Å². The minimum Gasteiger partial charge on any atom is -0.503 e. The van der Waals surface area contributed by atoms with E-state index in [4.69, 9.17) is 4.74 Å². The van der Waals surface area contributed by atoms with E-state index in [9.17, 15) is 5.11 Å². The SMILES string of the molecule is CCc1c(Br)cc(OC)c(O)c1Br. The molecule has 0 atom stereocenters. The lowest BCUT2D eigenvalue weighted by molar-refractivity contribution is 0.371. The van der Waals surface area contributed by atoms with Gasteiger partial charge in [-0.25, -0.2) is 0 Å². The van der Waals surface area contributed by atoms with Gasteiger partial charge in [0.05, 0.1) is 11.6 Å². The van der Waals surface area contributed by atoms with Crippen molar-refractivity contribution in [2.75, 3.05) is 7.11 Å². The second-order valence-corrected chi connectivity index (χ2v) is 4.20. The quantitative estimate of drug-likeness (QED) is 0.906. The first-order chi connectivity index (χ1) is 6.11. The lowest BCUT2D eigenvalue weighted by Crippen LogP contribution is -1.90. The number of aromatic hydroxyl groups is 1. The molecule has 0 bridgehead atoms. The molecule has 0 saturated heterocycles. The molecule has 0 unspecified atom stereocenters. The first kappa shape index (κ1) is 10.9. The minimum atomic E-state index is 0.155. The number of hydrogen-bond donors (Lipinski definition) is 1. The van der Waals surface area contributed by atoms with Crippen molar-refractivity contribution in [2.45, 2.75) is 13.3 Å². The van der Waals surface area contributed by atoms with Crippen LogP contribution in [0.1, 0.15) is 12.5 Å². The Hall–Kier alpha value is -0.220. The summed E-state index contributed by atoms with van der Waals surface area (Å²) in [6.07, 6.45) is 0.846. The van der Waals surface area contributed by atoms with E-state index in [0.717, 1.165) is 16.5 Å². The van der Waals surface area contributed by atoms with Crippen LogP contribution in [0.5, 0.6) is 11.5 Å². The summed E-state index contributed by atoms with van der Waals surface area (Å²) in [5.74, 6) is 0.624. The van der Waals surface area contributed by atoms with Gasteiger partial charge in [-0.15, -0.1) is 0 Å². The van der Waals surface area contributed by atoms with Crippen LogP contribution in [-0.2, 0) is 6.42 Å². The smallest absolute Gasteiger partial charge is 0.172 e. The zero-order chi connectivity index (χ0) is 10.0. The molecule has 0 saturated carbocycles. The Labute approximate surface area is 94.2 Å².